The minimum atomic E-state index is -5.79. The summed E-state index contributed by atoms with van der Waals surface area (Å²) in [6.45, 7) is 10.3. The van der Waals surface area contributed by atoms with E-state index in [9.17, 15) is 36.3 Å². The standard InChI is InChI=1S/C14H13F3O6S.C13H14O4/c1-13(2,3)22-12(18)11-6-8-4-5-9(7-10(8)21-11)23-24(19,20)14(15,16)17;1-13(2,3)17-12(15)11-6-8-4-5-9(14)7-10(8)16-11/h4-7H,1-3H3;4-7,14H,1-3H3. The number of alkyl halides is 3. The number of esters is 2. The van der Waals surface area contributed by atoms with Gasteiger partial charge >= 0.3 is 27.6 Å². The lowest BCUT2D eigenvalue weighted by Crippen LogP contribution is -2.28. The smallest absolute Gasteiger partial charge is 0.508 e. The molecule has 0 amide bonds. The van der Waals surface area contributed by atoms with Gasteiger partial charge in [0, 0.05) is 22.9 Å². The van der Waals surface area contributed by atoms with E-state index in [1.807, 2.05) is 0 Å². The molecule has 0 spiro atoms. The van der Waals surface area contributed by atoms with Crippen LogP contribution in [-0.4, -0.2) is 42.2 Å². The third-order valence-electron chi connectivity index (χ3n) is 4.68. The van der Waals surface area contributed by atoms with Crippen molar-refractivity contribution in [2.24, 2.45) is 0 Å². The Kier molecular flexibility index (Phi) is 8.40. The van der Waals surface area contributed by atoms with E-state index in [1.54, 1.807) is 53.7 Å². The van der Waals surface area contributed by atoms with Crippen molar-refractivity contribution in [3.05, 3.63) is 60.1 Å². The number of halogens is 3. The largest absolute Gasteiger partial charge is 0.534 e. The number of aromatic hydroxyl groups is 1. The second-order valence-electron chi connectivity index (χ2n) is 10.6. The normalized spacial score (nSPS) is 12.5. The van der Waals surface area contributed by atoms with Crippen LogP contribution in [0, 0.1) is 0 Å². The van der Waals surface area contributed by atoms with Gasteiger partial charge in [0.25, 0.3) is 0 Å². The van der Waals surface area contributed by atoms with Gasteiger partial charge < -0.3 is 27.6 Å². The van der Waals surface area contributed by atoms with E-state index in [4.69, 9.17) is 18.3 Å². The number of furan rings is 2. The zero-order valence-corrected chi connectivity index (χ0v) is 23.6. The van der Waals surface area contributed by atoms with Gasteiger partial charge in [-0.2, -0.15) is 21.6 Å². The molecule has 0 atom stereocenters. The van der Waals surface area contributed by atoms with Gasteiger partial charge in [0.15, 0.2) is 0 Å². The molecule has 41 heavy (non-hydrogen) atoms. The first kappa shape index (κ1) is 31.3. The third-order valence-corrected chi connectivity index (χ3v) is 5.66. The lowest BCUT2D eigenvalue weighted by Gasteiger charge is -2.18. The maximum atomic E-state index is 12.3. The summed E-state index contributed by atoms with van der Waals surface area (Å²) in [6, 6.07) is 10.8. The quantitative estimate of drug-likeness (QED) is 0.153. The van der Waals surface area contributed by atoms with Gasteiger partial charge in [-0.1, -0.05) is 0 Å². The average Bonchev–Trinajstić information content (AvgIpc) is 3.40. The predicted molar refractivity (Wildman–Crippen MR) is 140 cm³/mol. The number of phenols is 1. The van der Waals surface area contributed by atoms with Gasteiger partial charge in [0.05, 0.1) is 0 Å². The monoisotopic (exact) mass is 600 g/mol. The number of hydrogen-bond donors (Lipinski definition) is 1. The molecule has 0 bridgehead atoms. The van der Waals surface area contributed by atoms with Crippen molar-refractivity contribution in [3.63, 3.8) is 0 Å². The molecule has 1 N–H and O–H groups in total. The van der Waals surface area contributed by atoms with E-state index >= 15 is 0 Å². The SMILES string of the molecule is CC(C)(C)OC(=O)c1cc2ccc(O)cc2o1.CC(C)(C)OC(=O)c1cc2ccc(OS(=O)(=O)C(F)(F)F)cc2o1. The fourth-order valence-corrected chi connectivity index (χ4v) is 3.57. The second-order valence-corrected chi connectivity index (χ2v) is 12.2. The summed E-state index contributed by atoms with van der Waals surface area (Å²) >= 11 is 0. The predicted octanol–water partition coefficient (Wildman–Crippen LogP) is 6.71. The van der Waals surface area contributed by atoms with E-state index in [2.05, 4.69) is 4.18 Å². The van der Waals surface area contributed by atoms with Crippen LogP contribution in [0.15, 0.2) is 57.4 Å². The first-order chi connectivity index (χ1) is 18.6. The van der Waals surface area contributed by atoms with Crippen LogP contribution in [0.2, 0.25) is 0 Å². The molecule has 10 nitrogen and oxygen atoms in total. The molecule has 0 radical (unpaired) electrons. The molecule has 0 fully saturated rings. The van der Waals surface area contributed by atoms with Crippen molar-refractivity contribution in [2.75, 3.05) is 0 Å². The highest BCUT2D eigenvalue weighted by Gasteiger charge is 2.48. The molecule has 4 aromatic rings. The van der Waals surface area contributed by atoms with Crippen molar-refractivity contribution in [2.45, 2.75) is 58.3 Å². The molecule has 14 heteroatoms. The second kappa shape index (κ2) is 11.0. The van der Waals surface area contributed by atoms with Crippen LogP contribution in [0.3, 0.4) is 0 Å². The Morgan fingerprint density at radius 1 is 0.732 bits per heavy atom. The van der Waals surface area contributed by atoms with Crippen LogP contribution in [0.1, 0.15) is 62.7 Å². The fourth-order valence-electron chi connectivity index (χ4n) is 3.12. The van der Waals surface area contributed by atoms with Crippen molar-refractivity contribution in [1.29, 1.82) is 0 Å². The Labute approximate surface area is 232 Å². The number of carbonyl (C=O) groups excluding carboxylic acids is 2. The number of fused-ring (bicyclic) bond motifs is 2. The number of benzene rings is 2. The Morgan fingerprint density at radius 3 is 1.61 bits per heavy atom. The van der Waals surface area contributed by atoms with E-state index in [0.29, 0.717) is 11.0 Å². The molecule has 0 unspecified atom stereocenters. The van der Waals surface area contributed by atoms with E-state index < -0.39 is 44.5 Å². The van der Waals surface area contributed by atoms with Crippen molar-refractivity contribution in [3.8, 4) is 11.5 Å². The van der Waals surface area contributed by atoms with Gasteiger partial charge in [-0.3, -0.25) is 0 Å². The summed E-state index contributed by atoms with van der Waals surface area (Å²) in [4.78, 5) is 23.6. The molecule has 4 rings (SSSR count). The maximum Gasteiger partial charge on any atom is 0.534 e. The third kappa shape index (κ3) is 8.39. The number of phenolic OH excluding ortho intramolecular Hbond substituents is 1. The lowest BCUT2D eigenvalue weighted by atomic mass is 10.2. The van der Waals surface area contributed by atoms with Crippen LogP contribution in [0.25, 0.3) is 21.9 Å². The Bertz CT molecular complexity index is 1680. The molecule has 0 aliphatic rings. The van der Waals surface area contributed by atoms with Gasteiger partial charge in [-0.05, 0) is 77.9 Å². The topological polar surface area (TPSA) is 142 Å². The Morgan fingerprint density at radius 2 is 1.17 bits per heavy atom. The van der Waals surface area contributed by atoms with Crippen LogP contribution in [-0.2, 0) is 19.6 Å². The number of carbonyl (C=O) groups is 2. The van der Waals surface area contributed by atoms with Crippen LogP contribution >= 0.6 is 0 Å². The van der Waals surface area contributed by atoms with Crippen molar-refractivity contribution >= 4 is 44.0 Å². The van der Waals surface area contributed by atoms with E-state index in [0.717, 1.165) is 17.5 Å². The summed E-state index contributed by atoms with van der Waals surface area (Å²) in [7, 11) is -5.79. The first-order valence-electron chi connectivity index (χ1n) is 11.9. The van der Waals surface area contributed by atoms with Gasteiger partial charge in [0.2, 0.25) is 11.5 Å². The summed E-state index contributed by atoms with van der Waals surface area (Å²) in [5.74, 6) is -1.79. The summed E-state index contributed by atoms with van der Waals surface area (Å²) in [6.07, 6.45) is 0. The molecular formula is C27H27F3O10S. The van der Waals surface area contributed by atoms with Gasteiger partial charge in [-0.15, -0.1) is 0 Å². The molecule has 2 aromatic carbocycles. The first-order valence-corrected chi connectivity index (χ1v) is 13.3. The molecule has 2 aromatic heterocycles. The summed E-state index contributed by atoms with van der Waals surface area (Å²) in [5, 5.41) is 10.4. The van der Waals surface area contributed by atoms with Crippen LogP contribution in [0.5, 0.6) is 11.5 Å². The van der Waals surface area contributed by atoms with Crippen LogP contribution in [0.4, 0.5) is 13.2 Å². The van der Waals surface area contributed by atoms with Gasteiger partial charge in [-0.25, -0.2) is 9.59 Å². The van der Waals surface area contributed by atoms with E-state index in [-0.39, 0.29) is 22.9 Å². The highest BCUT2D eigenvalue weighted by molar-refractivity contribution is 7.88. The van der Waals surface area contributed by atoms with Crippen LogP contribution < -0.4 is 4.18 Å². The van der Waals surface area contributed by atoms with E-state index in [1.165, 1.54) is 24.3 Å². The zero-order chi connectivity index (χ0) is 31.0. The van der Waals surface area contributed by atoms with Crippen molar-refractivity contribution < 1.29 is 58.8 Å². The Hall–Kier alpha value is -4.20. The molecular weight excluding hydrogens is 573 g/mol. The molecule has 0 saturated heterocycles. The molecule has 222 valence electrons. The Balaban J connectivity index is 0.000000239. The molecule has 0 saturated carbocycles. The summed E-state index contributed by atoms with van der Waals surface area (Å²) < 4.78 is 83.7. The van der Waals surface area contributed by atoms with Crippen molar-refractivity contribution in [1.82, 2.24) is 0 Å². The fraction of sp³-hybridized carbons (Fsp3) is 0.333. The highest BCUT2D eigenvalue weighted by Crippen LogP contribution is 2.30. The summed E-state index contributed by atoms with van der Waals surface area (Å²) in [5.41, 5.74) is -6.42. The average molecular weight is 601 g/mol. The molecule has 2 heterocycles. The number of ether oxygens (including phenoxy) is 2. The maximum absolute atomic E-state index is 12.3. The number of rotatable bonds is 4. The minimum absolute atomic E-state index is 0.0225. The molecule has 0 aliphatic heterocycles. The van der Waals surface area contributed by atoms with Gasteiger partial charge in [0.1, 0.15) is 33.9 Å². The number of hydrogen-bond acceptors (Lipinski definition) is 10. The molecule has 0 aliphatic carbocycles. The lowest BCUT2D eigenvalue weighted by molar-refractivity contribution is -0.0500. The highest BCUT2D eigenvalue weighted by atomic mass is 32.2. The zero-order valence-electron chi connectivity index (χ0n) is 22.8. The minimum Gasteiger partial charge on any atom is -0.508 e.